The van der Waals surface area contributed by atoms with Crippen LogP contribution in [0.1, 0.15) is 51.3 Å². The second-order valence-electron chi connectivity index (χ2n) is 12.5. The number of fused-ring (bicyclic) bond motifs is 1. The molecule has 1 aliphatic carbocycles. The van der Waals surface area contributed by atoms with E-state index in [0.29, 0.717) is 52.9 Å². The lowest BCUT2D eigenvalue weighted by Crippen LogP contribution is -2.59. The minimum absolute atomic E-state index is 0.0759. The molecule has 2 atom stereocenters. The number of imidazole rings is 1. The van der Waals surface area contributed by atoms with E-state index in [-0.39, 0.29) is 28.8 Å². The molecule has 1 aromatic carbocycles. The Morgan fingerprint density at radius 3 is 2.58 bits per heavy atom. The maximum absolute atomic E-state index is 11.6. The quantitative estimate of drug-likeness (QED) is 0.246. The topological polar surface area (TPSA) is 177 Å². The van der Waals surface area contributed by atoms with Crippen molar-refractivity contribution >= 4 is 54.8 Å². The average molecular weight is 623 g/mol. The fourth-order valence-corrected chi connectivity index (χ4v) is 6.40. The van der Waals surface area contributed by atoms with Gasteiger partial charge in [-0.15, -0.1) is 5.10 Å². The lowest BCUT2D eigenvalue weighted by Gasteiger charge is -2.46. The van der Waals surface area contributed by atoms with Crippen molar-refractivity contribution in [2.24, 2.45) is 0 Å². The number of anilines is 4. The van der Waals surface area contributed by atoms with Crippen LogP contribution in [0, 0.1) is 22.7 Å². The first-order chi connectivity index (χ1) is 20.3. The molecule has 1 aliphatic heterocycles. The predicted octanol–water partition coefficient (Wildman–Crippen LogP) is 5.08. The molecular weight excluding hydrogens is 588 g/mol. The molecule has 5 rings (SSSR count). The summed E-state index contributed by atoms with van der Waals surface area (Å²) in [4.78, 5) is 22.6. The van der Waals surface area contributed by atoms with Gasteiger partial charge in [0.05, 0.1) is 46.4 Å². The Hall–Kier alpha value is -4.11. The summed E-state index contributed by atoms with van der Waals surface area (Å²) in [5, 5.41) is 42.8. The minimum Gasteiger partial charge on any atom is -0.465 e. The van der Waals surface area contributed by atoms with Gasteiger partial charge >= 0.3 is 6.09 Å². The number of nitrogens with zero attached hydrogens (tertiary/aromatic N) is 7. The zero-order valence-corrected chi connectivity index (χ0v) is 26.5. The number of nitrogens with one attached hydrogen (secondary N) is 3. The number of amides is 1. The van der Waals surface area contributed by atoms with Crippen LogP contribution in [0.4, 0.5) is 27.9 Å². The van der Waals surface area contributed by atoms with Gasteiger partial charge in [0.1, 0.15) is 6.07 Å². The molecule has 1 amide bonds. The first-order valence-corrected chi connectivity index (χ1v) is 17.4. The lowest BCUT2D eigenvalue weighted by molar-refractivity contribution is 0.115. The van der Waals surface area contributed by atoms with E-state index in [0.717, 1.165) is 12.8 Å². The maximum atomic E-state index is 11.6. The third-order valence-corrected chi connectivity index (χ3v) is 13.2. The van der Waals surface area contributed by atoms with Crippen molar-refractivity contribution < 1.29 is 14.3 Å². The molecular formula is C28H35ClN10O3Si. The fourth-order valence-electron chi connectivity index (χ4n) is 4.78. The first-order valence-electron chi connectivity index (χ1n) is 14.1. The van der Waals surface area contributed by atoms with Crippen molar-refractivity contribution in [2.75, 3.05) is 28.6 Å². The van der Waals surface area contributed by atoms with Crippen LogP contribution in [-0.4, -0.2) is 70.4 Å². The van der Waals surface area contributed by atoms with E-state index >= 15 is 0 Å². The van der Waals surface area contributed by atoms with E-state index in [9.17, 15) is 20.4 Å². The Kier molecular flexibility index (Phi) is 8.13. The Bertz CT molecular complexity index is 1640. The van der Waals surface area contributed by atoms with Crippen molar-refractivity contribution in [3.63, 3.8) is 0 Å². The molecule has 1 saturated heterocycles. The summed E-state index contributed by atoms with van der Waals surface area (Å²) in [6.45, 7) is 11.6. The van der Waals surface area contributed by atoms with Crippen LogP contribution in [0.25, 0.3) is 5.65 Å². The third kappa shape index (κ3) is 6.46. The molecule has 43 heavy (non-hydrogen) atoms. The van der Waals surface area contributed by atoms with Crippen molar-refractivity contribution in [2.45, 2.75) is 76.4 Å². The Balaban J connectivity index is 1.48. The molecule has 2 aliphatic rings. The maximum Gasteiger partial charge on any atom is 0.404 e. The standard InChI is InChI=1S/C28H35ClN10O3Si/c1-28(2,3)43(4,5)42-22-15-38(9-8-19(22)35-27(40)41)21-11-16(12-30)10-20(23(21)29)34-26-36-24(33-17-6-7-17)25-32-14-18(13-31)39(25)37-26/h10-11,14,17,19,22,35H,6-9,15H2,1-5H3,(H,40,41)(H2,33,34,36,37)/t19-,22-/m1/s1. The summed E-state index contributed by atoms with van der Waals surface area (Å²) < 4.78 is 8.14. The number of benzene rings is 1. The monoisotopic (exact) mass is 622 g/mol. The van der Waals surface area contributed by atoms with Crippen LogP contribution in [-0.2, 0) is 4.43 Å². The van der Waals surface area contributed by atoms with Gasteiger partial charge in [-0.3, -0.25) is 0 Å². The Morgan fingerprint density at radius 2 is 1.95 bits per heavy atom. The zero-order chi connectivity index (χ0) is 31.1. The fraction of sp³-hybridized carbons (Fsp3) is 0.500. The van der Waals surface area contributed by atoms with Crippen LogP contribution in [0.3, 0.4) is 0 Å². The molecule has 13 nitrogen and oxygen atoms in total. The van der Waals surface area contributed by atoms with Crippen molar-refractivity contribution in [3.05, 3.63) is 34.6 Å². The van der Waals surface area contributed by atoms with Gasteiger partial charge in [0.15, 0.2) is 25.5 Å². The average Bonchev–Trinajstić information content (AvgIpc) is 3.65. The number of piperidine rings is 1. The molecule has 4 N–H and O–H groups in total. The lowest BCUT2D eigenvalue weighted by atomic mass is 10.0. The van der Waals surface area contributed by atoms with Crippen LogP contribution in [0.15, 0.2) is 18.3 Å². The molecule has 226 valence electrons. The Morgan fingerprint density at radius 1 is 1.21 bits per heavy atom. The van der Waals surface area contributed by atoms with Crippen LogP contribution < -0.4 is 20.9 Å². The van der Waals surface area contributed by atoms with Gasteiger partial charge in [0.2, 0.25) is 5.95 Å². The molecule has 1 saturated carbocycles. The van der Waals surface area contributed by atoms with Gasteiger partial charge < -0.3 is 30.4 Å². The zero-order valence-electron chi connectivity index (χ0n) is 24.8. The Labute approximate surface area is 255 Å². The molecule has 15 heteroatoms. The summed E-state index contributed by atoms with van der Waals surface area (Å²) in [6.07, 6.45) is 2.46. The largest absolute Gasteiger partial charge is 0.465 e. The number of carboxylic acid groups (broad SMARTS) is 1. The highest BCUT2D eigenvalue weighted by atomic mass is 35.5. The summed E-state index contributed by atoms with van der Waals surface area (Å²) in [5.41, 5.74) is 2.09. The number of hydrogen-bond donors (Lipinski definition) is 4. The number of aromatic nitrogens is 4. The van der Waals surface area contributed by atoms with Crippen LogP contribution in [0.2, 0.25) is 23.2 Å². The number of carbonyl (C=O) groups is 1. The SMILES string of the molecule is CC(C)(C)[Si](C)(C)O[C@@H]1CN(c2cc(C#N)cc(Nc3nc(NC4CC4)c4ncc(C#N)n4n3)c2Cl)CC[C@H]1NC(=O)O. The van der Waals surface area contributed by atoms with E-state index in [1.165, 1.54) is 10.7 Å². The molecule has 2 fully saturated rings. The van der Waals surface area contributed by atoms with E-state index in [1.54, 1.807) is 12.1 Å². The van der Waals surface area contributed by atoms with E-state index in [1.807, 2.05) is 4.90 Å². The smallest absolute Gasteiger partial charge is 0.404 e. The van der Waals surface area contributed by atoms with Crippen LogP contribution >= 0.6 is 11.6 Å². The van der Waals surface area contributed by atoms with E-state index in [4.69, 9.17) is 16.0 Å². The van der Waals surface area contributed by atoms with Gasteiger partial charge in [-0.1, -0.05) is 32.4 Å². The summed E-state index contributed by atoms with van der Waals surface area (Å²) >= 11 is 6.99. The van der Waals surface area contributed by atoms with Crippen molar-refractivity contribution in [3.8, 4) is 12.1 Å². The van der Waals surface area contributed by atoms with E-state index in [2.05, 4.69) is 77.0 Å². The summed E-state index contributed by atoms with van der Waals surface area (Å²) in [5.74, 6) is 0.671. The molecule has 0 bridgehead atoms. The first kappa shape index (κ1) is 30.3. The molecule has 0 spiro atoms. The van der Waals surface area contributed by atoms with Gasteiger partial charge in [-0.05, 0) is 49.5 Å². The second kappa shape index (κ2) is 11.5. The number of halogens is 1. The third-order valence-electron chi connectivity index (χ3n) is 8.28. The molecule has 0 radical (unpaired) electrons. The highest BCUT2D eigenvalue weighted by Gasteiger charge is 2.43. The normalized spacial score (nSPS) is 19.0. The minimum atomic E-state index is -2.26. The highest BCUT2D eigenvalue weighted by Crippen LogP contribution is 2.41. The summed E-state index contributed by atoms with van der Waals surface area (Å²) in [7, 11) is -2.26. The summed E-state index contributed by atoms with van der Waals surface area (Å²) in [6, 6.07) is 7.53. The van der Waals surface area contributed by atoms with Gasteiger partial charge in [-0.2, -0.15) is 20.0 Å². The van der Waals surface area contributed by atoms with Gasteiger partial charge in [0, 0.05) is 19.1 Å². The predicted molar refractivity (Wildman–Crippen MR) is 165 cm³/mol. The van der Waals surface area contributed by atoms with E-state index < -0.39 is 20.5 Å². The number of hydrogen-bond acceptors (Lipinski definition) is 10. The molecule has 3 heterocycles. The van der Waals surface area contributed by atoms with Crippen molar-refractivity contribution in [1.29, 1.82) is 10.5 Å². The molecule has 0 unspecified atom stereocenters. The molecule has 3 aromatic rings. The highest BCUT2D eigenvalue weighted by molar-refractivity contribution is 6.74. The van der Waals surface area contributed by atoms with Gasteiger partial charge in [0.25, 0.3) is 0 Å². The van der Waals surface area contributed by atoms with Gasteiger partial charge in [-0.25, -0.2) is 9.78 Å². The van der Waals surface area contributed by atoms with Crippen LogP contribution in [0.5, 0.6) is 0 Å². The molecule has 2 aromatic heterocycles. The number of rotatable bonds is 8. The number of nitriles is 2. The van der Waals surface area contributed by atoms with Crippen molar-refractivity contribution in [1.82, 2.24) is 24.9 Å². The second-order valence-corrected chi connectivity index (χ2v) is 17.6.